The Morgan fingerprint density at radius 2 is 1.56 bits per heavy atom. The van der Waals surface area contributed by atoms with Gasteiger partial charge in [-0.2, -0.15) is 9.97 Å². The van der Waals surface area contributed by atoms with Crippen LogP contribution in [0.2, 0.25) is 0 Å². The number of nitrogens with one attached hydrogen (secondary N) is 2. The van der Waals surface area contributed by atoms with E-state index >= 15 is 0 Å². The van der Waals surface area contributed by atoms with Gasteiger partial charge in [-0.05, 0) is 62.2 Å². The number of piperidine rings is 1. The van der Waals surface area contributed by atoms with E-state index in [1.54, 1.807) is 0 Å². The largest absolute Gasteiger partial charge is 0.465 e. The number of piperazine rings is 1. The van der Waals surface area contributed by atoms with Gasteiger partial charge < -0.3 is 29.8 Å². The van der Waals surface area contributed by atoms with Crippen LogP contribution in [0.3, 0.4) is 0 Å². The van der Waals surface area contributed by atoms with Crippen molar-refractivity contribution >= 4 is 40.6 Å². The Bertz CT molecular complexity index is 1150. The quantitative estimate of drug-likeness (QED) is 0.474. The fourth-order valence-electron chi connectivity index (χ4n) is 4.77. The van der Waals surface area contributed by atoms with Crippen LogP contribution in [0.5, 0.6) is 0 Å². The van der Waals surface area contributed by atoms with Crippen molar-refractivity contribution in [3.8, 4) is 0 Å². The highest BCUT2D eigenvalue weighted by molar-refractivity contribution is 7.80. The standard InChI is InChI=1S/C27H35N7OS/c1-20-10-12-33(13-11-20)24-18-25(34-16-14-32(15-17-34)22-6-4-3-5-7-22)30-26(29-24)31-27(36)28-19-23-9-8-21(2)35-23/h3-9,18,20H,10-17,19H2,1-2H3,(H2,28,29,30,31,36). The topological polar surface area (TPSA) is 72.7 Å². The molecule has 2 aliphatic heterocycles. The van der Waals surface area contributed by atoms with Gasteiger partial charge in [0.2, 0.25) is 5.95 Å². The van der Waals surface area contributed by atoms with Crippen LogP contribution in [-0.4, -0.2) is 54.3 Å². The third kappa shape index (κ3) is 6.07. The zero-order valence-corrected chi connectivity index (χ0v) is 21.9. The van der Waals surface area contributed by atoms with Crippen LogP contribution in [0.1, 0.15) is 31.3 Å². The normalized spacial score (nSPS) is 16.8. The average Bonchev–Trinajstić information content (AvgIpc) is 3.33. The van der Waals surface area contributed by atoms with Crippen molar-refractivity contribution in [3.63, 3.8) is 0 Å². The second kappa shape index (κ2) is 11.2. The van der Waals surface area contributed by atoms with Gasteiger partial charge in [-0.15, -0.1) is 0 Å². The lowest BCUT2D eigenvalue weighted by Gasteiger charge is -2.37. The van der Waals surface area contributed by atoms with Crippen molar-refractivity contribution < 1.29 is 4.42 Å². The molecule has 0 spiro atoms. The molecule has 36 heavy (non-hydrogen) atoms. The number of aromatic nitrogens is 2. The Labute approximate surface area is 218 Å². The zero-order valence-electron chi connectivity index (χ0n) is 21.1. The molecule has 2 N–H and O–H groups in total. The molecule has 0 atom stereocenters. The summed E-state index contributed by atoms with van der Waals surface area (Å²) in [5.41, 5.74) is 1.27. The Morgan fingerprint density at radius 1 is 0.917 bits per heavy atom. The summed E-state index contributed by atoms with van der Waals surface area (Å²) in [6.45, 7) is 10.5. The van der Waals surface area contributed by atoms with Gasteiger partial charge in [0.05, 0.1) is 6.54 Å². The van der Waals surface area contributed by atoms with Crippen molar-refractivity contribution in [2.75, 3.05) is 59.3 Å². The fraction of sp³-hybridized carbons (Fsp3) is 0.444. The maximum Gasteiger partial charge on any atom is 0.232 e. The number of thiocarbonyl (C=S) groups is 1. The second-order valence-electron chi connectivity index (χ2n) is 9.71. The van der Waals surface area contributed by atoms with E-state index in [0.29, 0.717) is 17.6 Å². The monoisotopic (exact) mass is 505 g/mol. The number of hydrogen-bond donors (Lipinski definition) is 2. The first-order valence-corrected chi connectivity index (χ1v) is 13.2. The summed E-state index contributed by atoms with van der Waals surface area (Å²) in [6, 6.07) is 16.6. The van der Waals surface area contributed by atoms with Crippen LogP contribution in [0.15, 0.2) is 52.9 Å². The van der Waals surface area contributed by atoms with E-state index in [2.05, 4.69) is 68.7 Å². The van der Waals surface area contributed by atoms with Crippen LogP contribution in [0.4, 0.5) is 23.3 Å². The van der Waals surface area contributed by atoms with Gasteiger partial charge in [0.1, 0.15) is 23.2 Å². The lowest BCUT2D eigenvalue weighted by molar-refractivity contribution is 0.436. The summed E-state index contributed by atoms with van der Waals surface area (Å²) in [6.07, 6.45) is 2.36. The molecule has 4 heterocycles. The van der Waals surface area contributed by atoms with E-state index in [0.717, 1.165) is 68.3 Å². The predicted molar refractivity (Wildman–Crippen MR) is 150 cm³/mol. The average molecular weight is 506 g/mol. The highest BCUT2D eigenvalue weighted by atomic mass is 32.1. The molecule has 0 unspecified atom stereocenters. The molecule has 2 saturated heterocycles. The smallest absolute Gasteiger partial charge is 0.232 e. The molecule has 0 radical (unpaired) electrons. The number of para-hydroxylation sites is 1. The van der Waals surface area contributed by atoms with Crippen LogP contribution in [-0.2, 0) is 6.54 Å². The number of nitrogens with zero attached hydrogens (tertiary/aromatic N) is 5. The van der Waals surface area contributed by atoms with Gasteiger partial charge in [0, 0.05) is 51.0 Å². The number of anilines is 4. The molecule has 0 bridgehead atoms. The van der Waals surface area contributed by atoms with Gasteiger partial charge in [0.25, 0.3) is 0 Å². The maximum absolute atomic E-state index is 5.63. The predicted octanol–water partition coefficient (Wildman–Crippen LogP) is 4.43. The number of rotatable bonds is 6. The molecule has 2 aromatic heterocycles. The third-order valence-corrected chi connectivity index (χ3v) is 7.22. The number of aryl methyl sites for hydroxylation is 1. The summed E-state index contributed by atoms with van der Waals surface area (Å²) in [5, 5.41) is 6.90. The van der Waals surface area contributed by atoms with E-state index in [1.807, 2.05) is 19.1 Å². The highest BCUT2D eigenvalue weighted by Gasteiger charge is 2.23. The summed E-state index contributed by atoms with van der Waals surface area (Å²) in [5.74, 6) is 4.91. The Hall–Kier alpha value is -3.33. The number of benzene rings is 1. The van der Waals surface area contributed by atoms with Gasteiger partial charge in [-0.25, -0.2) is 0 Å². The molecule has 9 heteroatoms. The molecule has 2 fully saturated rings. The number of hydrogen-bond acceptors (Lipinski definition) is 7. The van der Waals surface area contributed by atoms with Crippen LogP contribution in [0, 0.1) is 12.8 Å². The molecular formula is C27H35N7OS. The van der Waals surface area contributed by atoms with E-state index in [-0.39, 0.29) is 0 Å². The SMILES string of the molecule is Cc1ccc(CNC(=S)Nc2nc(N3CCC(C)CC3)cc(N3CCN(c4ccccc4)CC3)n2)o1. The molecule has 2 aliphatic rings. The van der Waals surface area contributed by atoms with Gasteiger partial charge in [0.15, 0.2) is 5.11 Å². The minimum atomic E-state index is 0.480. The van der Waals surface area contributed by atoms with Gasteiger partial charge in [-0.3, -0.25) is 0 Å². The molecular weight excluding hydrogens is 470 g/mol. The van der Waals surface area contributed by atoms with Crippen molar-refractivity contribution in [2.45, 2.75) is 33.2 Å². The summed E-state index contributed by atoms with van der Waals surface area (Å²) >= 11 is 5.55. The molecule has 0 aliphatic carbocycles. The third-order valence-electron chi connectivity index (χ3n) is 6.98. The van der Waals surface area contributed by atoms with Crippen LogP contribution >= 0.6 is 12.2 Å². The first kappa shape index (κ1) is 24.4. The molecule has 0 amide bonds. The maximum atomic E-state index is 5.63. The summed E-state index contributed by atoms with van der Waals surface area (Å²) in [7, 11) is 0. The molecule has 3 aromatic rings. The first-order chi connectivity index (χ1) is 17.5. The molecule has 5 rings (SSSR count). The molecule has 0 saturated carbocycles. The minimum Gasteiger partial charge on any atom is -0.465 e. The van der Waals surface area contributed by atoms with E-state index in [4.69, 9.17) is 26.6 Å². The number of furan rings is 1. The Morgan fingerprint density at radius 3 is 2.19 bits per heavy atom. The highest BCUT2D eigenvalue weighted by Crippen LogP contribution is 2.27. The van der Waals surface area contributed by atoms with E-state index in [1.165, 1.54) is 18.5 Å². The zero-order chi connectivity index (χ0) is 24.9. The molecule has 1 aromatic carbocycles. The summed E-state index contributed by atoms with van der Waals surface area (Å²) < 4.78 is 5.63. The van der Waals surface area contributed by atoms with Gasteiger partial charge in [-0.1, -0.05) is 25.1 Å². The van der Waals surface area contributed by atoms with Crippen LogP contribution < -0.4 is 25.3 Å². The summed E-state index contributed by atoms with van der Waals surface area (Å²) in [4.78, 5) is 16.9. The van der Waals surface area contributed by atoms with E-state index in [9.17, 15) is 0 Å². The van der Waals surface area contributed by atoms with Crippen molar-refractivity contribution in [2.24, 2.45) is 5.92 Å². The Balaban J connectivity index is 1.29. The van der Waals surface area contributed by atoms with Crippen molar-refractivity contribution in [3.05, 3.63) is 60.1 Å². The lowest BCUT2D eigenvalue weighted by Crippen LogP contribution is -2.47. The van der Waals surface area contributed by atoms with Crippen LogP contribution in [0.25, 0.3) is 0 Å². The van der Waals surface area contributed by atoms with E-state index < -0.39 is 0 Å². The Kier molecular flexibility index (Phi) is 7.55. The fourth-order valence-corrected chi connectivity index (χ4v) is 4.93. The molecule has 8 nitrogen and oxygen atoms in total. The lowest BCUT2D eigenvalue weighted by atomic mass is 9.99. The second-order valence-corrected chi connectivity index (χ2v) is 10.1. The first-order valence-electron chi connectivity index (χ1n) is 12.8. The minimum absolute atomic E-state index is 0.480. The van der Waals surface area contributed by atoms with Gasteiger partial charge >= 0.3 is 0 Å². The van der Waals surface area contributed by atoms with Crippen molar-refractivity contribution in [1.82, 2.24) is 15.3 Å². The molecule has 190 valence electrons. The van der Waals surface area contributed by atoms with Crippen molar-refractivity contribution in [1.29, 1.82) is 0 Å².